The molecule has 2 saturated carbocycles. The minimum absolute atomic E-state index is 0.0917. The highest BCUT2D eigenvalue weighted by Crippen LogP contribution is 2.42. The lowest BCUT2D eigenvalue weighted by Crippen LogP contribution is -2.44. The van der Waals surface area contributed by atoms with Crippen molar-refractivity contribution in [1.29, 1.82) is 0 Å². The molecule has 0 spiro atoms. The third-order valence-corrected chi connectivity index (χ3v) is 16.3. The van der Waals surface area contributed by atoms with Crippen LogP contribution in [0.5, 0.6) is 0 Å². The molecule has 2 aromatic carbocycles. The lowest BCUT2D eigenvalue weighted by molar-refractivity contribution is 0.234. The molecular formula is C67H108N8S. The van der Waals surface area contributed by atoms with E-state index in [1.54, 1.807) is 0 Å². The number of aryl methyl sites for hydroxylation is 2. The van der Waals surface area contributed by atoms with Gasteiger partial charge in [0.05, 0.1) is 17.8 Å². The number of dihydropyridines is 1. The van der Waals surface area contributed by atoms with Gasteiger partial charge in [-0.25, -0.2) is 4.31 Å². The molecule has 0 radical (unpaired) electrons. The average molecular weight is 1060 g/mol. The van der Waals surface area contributed by atoms with Crippen molar-refractivity contribution in [2.75, 3.05) is 60.1 Å². The summed E-state index contributed by atoms with van der Waals surface area (Å²) in [5.41, 5.74) is 19.7. The minimum Gasteiger partial charge on any atom is -0.384 e. The zero-order valence-electron chi connectivity index (χ0n) is 50.4. The molecule has 76 heavy (non-hydrogen) atoms. The fourth-order valence-electron chi connectivity index (χ4n) is 10.9. The molecule has 2 fully saturated rings. The van der Waals surface area contributed by atoms with E-state index < -0.39 is 0 Å². The molecule has 9 heteroatoms. The predicted molar refractivity (Wildman–Crippen MR) is 338 cm³/mol. The standard InChI is InChI=1S/C52H78N6.C12H24N2S.C3H6/c1-13-58-48-24-23-42(33-45(48)46(34-52(9,10)26-25-35(2)3)51(58)44-22-18-27-54-49(44)36(4)5)43-30-37(6)29-40(31-43)32-47(38(7)19-16-17-28-55-53)56-39(8)50(57(11)12)41-20-14-15-21-41;1-6-8-10-15-14(5)11-12(3)13(4)9-7-2;1-2-3-1/h18,22-24,29-31,33,36,41,47,50,54-56H,2,7-8,13-17,19-21,25-28,32,34,53H2,1,3-6,9-12H3;7H,2-3,6,8-11H2,1,4-5H3;1-3H2. The summed E-state index contributed by atoms with van der Waals surface area (Å²) in [6, 6.07) is 14.8. The first kappa shape index (κ1) is 64.3. The van der Waals surface area contributed by atoms with Gasteiger partial charge in [-0.2, -0.15) is 0 Å². The maximum Gasteiger partial charge on any atom is 0.0541 e. The fraction of sp³-hybridized carbons (Fsp3) is 0.582. The number of fused-ring (bicyclic) bond motifs is 1. The third-order valence-electron chi connectivity index (χ3n) is 15.3. The van der Waals surface area contributed by atoms with Crippen LogP contribution in [0.25, 0.3) is 27.6 Å². The maximum absolute atomic E-state index is 5.61. The lowest BCUT2D eigenvalue weighted by atomic mass is 9.79. The van der Waals surface area contributed by atoms with Crippen LogP contribution in [0.2, 0.25) is 0 Å². The second-order valence-electron chi connectivity index (χ2n) is 23.8. The number of rotatable bonds is 31. The Kier molecular flexibility index (Phi) is 27.6. The Morgan fingerprint density at radius 3 is 2.25 bits per heavy atom. The molecule has 2 atom stereocenters. The molecule has 0 bridgehead atoms. The van der Waals surface area contributed by atoms with E-state index in [1.165, 1.54) is 130 Å². The molecule has 6 rings (SSSR count). The predicted octanol–water partition coefficient (Wildman–Crippen LogP) is 15.6. The van der Waals surface area contributed by atoms with Crippen LogP contribution in [0, 0.1) is 24.2 Å². The highest BCUT2D eigenvalue weighted by Gasteiger charge is 2.31. The number of allylic oxidation sites excluding steroid dienone is 4. The van der Waals surface area contributed by atoms with Crippen molar-refractivity contribution in [3.8, 4) is 11.1 Å². The minimum atomic E-state index is 0.0917. The van der Waals surface area contributed by atoms with Gasteiger partial charge >= 0.3 is 0 Å². The molecule has 422 valence electrons. The van der Waals surface area contributed by atoms with E-state index in [9.17, 15) is 0 Å². The van der Waals surface area contributed by atoms with Gasteiger partial charge in [0.25, 0.3) is 0 Å². The van der Waals surface area contributed by atoms with Gasteiger partial charge < -0.3 is 25.0 Å². The molecule has 2 heterocycles. The molecule has 0 saturated heterocycles. The van der Waals surface area contributed by atoms with Crippen molar-refractivity contribution in [3.05, 3.63) is 138 Å². The molecule has 1 aliphatic heterocycles. The zero-order valence-corrected chi connectivity index (χ0v) is 51.2. The molecule has 2 unspecified atom stereocenters. The largest absolute Gasteiger partial charge is 0.384 e. The van der Waals surface area contributed by atoms with E-state index in [2.05, 4.69) is 200 Å². The molecule has 1 aromatic heterocycles. The van der Waals surface area contributed by atoms with E-state index in [4.69, 9.17) is 5.84 Å². The number of hydrogen-bond donors (Lipinski definition) is 4. The van der Waals surface area contributed by atoms with E-state index >= 15 is 0 Å². The number of hydrogen-bond acceptors (Lipinski definition) is 8. The topological polar surface area (TPSA) is 76.8 Å². The van der Waals surface area contributed by atoms with Gasteiger partial charge in [0.15, 0.2) is 0 Å². The number of nitrogens with two attached hydrogens (primary N) is 1. The fourth-order valence-corrected chi connectivity index (χ4v) is 11.9. The van der Waals surface area contributed by atoms with Crippen molar-refractivity contribution in [3.63, 3.8) is 0 Å². The highest BCUT2D eigenvalue weighted by molar-refractivity contribution is 7.96. The van der Waals surface area contributed by atoms with E-state index in [1.807, 2.05) is 18.0 Å². The average Bonchev–Trinajstić information content (AvgIpc) is 4.11. The molecule has 2 aliphatic carbocycles. The zero-order chi connectivity index (χ0) is 56.0. The highest BCUT2D eigenvalue weighted by atomic mass is 32.2. The van der Waals surface area contributed by atoms with Crippen LogP contribution in [0.4, 0.5) is 0 Å². The first-order valence-electron chi connectivity index (χ1n) is 29.4. The normalized spacial score (nSPS) is 15.3. The van der Waals surface area contributed by atoms with Crippen molar-refractivity contribution in [1.82, 2.24) is 34.7 Å². The van der Waals surface area contributed by atoms with Crippen LogP contribution in [0.1, 0.15) is 161 Å². The summed E-state index contributed by atoms with van der Waals surface area (Å²) in [5, 5.41) is 9.10. The van der Waals surface area contributed by atoms with Crippen LogP contribution in [0.15, 0.2) is 116 Å². The Morgan fingerprint density at radius 2 is 1.64 bits per heavy atom. The Labute approximate surface area is 470 Å². The van der Waals surface area contributed by atoms with Gasteiger partial charge in [0, 0.05) is 79.1 Å². The summed E-state index contributed by atoms with van der Waals surface area (Å²) < 4.78 is 4.82. The molecular weight excluding hydrogens is 949 g/mol. The summed E-state index contributed by atoms with van der Waals surface area (Å²) in [5.74, 6) is 7.86. The summed E-state index contributed by atoms with van der Waals surface area (Å²) in [7, 11) is 8.58. The van der Waals surface area contributed by atoms with E-state index in [0.29, 0.717) is 17.9 Å². The number of benzene rings is 2. The number of likely N-dealkylation sites (N-methyl/N-ethyl adjacent to an activating group) is 3. The van der Waals surface area contributed by atoms with Gasteiger partial charge in [-0.15, -0.1) is 13.2 Å². The van der Waals surface area contributed by atoms with Crippen molar-refractivity contribution < 1.29 is 0 Å². The van der Waals surface area contributed by atoms with Gasteiger partial charge in [0.2, 0.25) is 0 Å². The van der Waals surface area contributed by atoms with E-state index in [0.717, 1.165) is 89.1 Å². The van der Waals surface area contributed by atoms with Crippen LogP contribution in [-0.2, 0) is 19.4 Å². The molecule has 0 amide bonds. The lowest BCUT2D eigenvalue weighted by Gasteiger charge is -2.35. The number of aromatic nitrogens is 1. The van der Waals surface area contributed by atoms with Crippen LogP contribution in [-0.4, -0.2) is 90.9 Å². The van der Waals surface area contributed by atoms with Gasteiger partial charge in [0.1, 0.15) is 0 Å². The van der Waals surface area contributed by atoms with Crippen LogP contribution in [0.3, 0.4) is 0 Å². The van der Waals surface area contributed by atoms with Crippen LogP contribution >= 0.6 is 11.9 Å². The molecule has 5 N–H and O–H groups in total. The Morgan fingerprint density at radius 1 is 0.934 bits per heavy atom. The summed E-state index contributed by atoms with van der Waals surface area (Å²) in [6.45, 7) is 44.2. The second-order valence-corrected chi connectivity index (χ2v) is 25.1. The smallest absolute Gasteiger partial charge is 0.0541 e. The molecule has 3 aliphatic rings. The monoisotopic (exact) mass is 1060 g/mol. The molecule has 3 aromatic rings. The van der Waals surface area contributed by atoms with Gasteiger partial charge in [-0.05, 0) is 158 Å². The number of nitrogens with one attached hydrogen (secondary N) is 3. The Hall–Kier alpha value is -4.25. The Balaban J connectivity index is 0.000000587. The van der Waals surface area contributed by atoms with Crippen molar-refractivity contribution in [2.24, 2.45) is 23.1 Å². The van der Waals surface area contributed by atoms with Crippen LogP contribution < -0.4 is 21.9 Å². The first-order chi connectivity index (χ1) is 36.2. The quantitative estimate of drug-likeness (QED) is 0.0167. The Bertz CT molecular complexity index is 2390. The van der Waals surface area contributed by atoms with Crippen molar-refractivity contribution in [2.45, 2.75) is 177 Å². The number of unbranched alkanes of at least 4 members (excludes halogenated alkanes) is 2. The van der Waals surface area contributed by atoms with E-state index in [-0.39, 0.29) is 11.5 Å². The number of hydrazine groups is 1. The maximum atomic E-state index is 5.61. The SMILES string of the molecule is C1CC1.C=C(C)CCC(C)(C)Cc1c(C2=C(C(C)C)NCC=C2)n(CC)c2ccc(-c3cc(C)cc(CC(NC(=C)C(C4CCCC4)N(C)C)C(=C)CCCCNN)c3)cc12.C=CCN(C)C(=C)CN(C)SCCCC. The summed E-state index contributed by atoms with van der Waals surface area (Å²) in [4.78, 5) is 4.50. The summed E-state index contributed by atoms with van der Waals surface area (Å²) >= 11 is 1.88. The summed E-state index contributed by atoms with van der Waals surface area (Å²) in [6.07, 6.45) is 25.8. The first-order valence-corrected chi connectivity index (χ1v) is 30.3. The van der Waals surface area contributed by atoms with Gasteiger partial charge in [-0.3, -0.25) is 11.3 Å². The third kappa shape index (κ3) is 20.5. The number of nitrogens with zero attached hydrogens (tertiary/aromatic N) is 4. The van der Waals surface area contributed by atoms with Gasteiger partial charge in [-0.1, -0.05) is 164 Å². The molecule has 8 nitrogen and oxygen atoms in total. The second kappa shape index (κ2) is 32.6. The van der Waals surface area contributed by atoms with Crippen molar-refractivity contribution >= 4 is 28.4 Å².